The first-order chi connectivity index (χ1) is 13.1. The van der Waals surface area contributed by atoms with Crippen LogP contribution < -0.4 is 14.8 Å². The van der Waals surface area contributed by atoms with Gasteiger partial charge in [-0.15, -0.1) is 0 Å². The van der Waals surface area contributed by atoms with Crippen LogP contribution in [0, 0.1) is 29.6 Å². The molecule has 0 saturated carbocycles. The number of nitrogens with one attached hydrogen (secondary N) is 1. The van der Waals surface area contributed by atoms with Gasteiger partial charge < -0.3 is 14.8 Å². The van der Waals surface area contributed by atoms with Crippen molar-refractivity contribution >= 4 is 17.7 Å². The van der Waals surface area contributed by atoms with E-state index < -0.39 is 0 Å². The molecule has 1 N–H and O–H groups in total. The molecule has 6 heteroatoms. The number of hydrogen-bond acceptors (Lipinski definition) is 5. The highest BCUT2D eigenvalue weighted by atomic mass is 16.5. The summed E-state index contributed by atoms with van der Waals surface area (Å²) in [6, 6.07) is 16.1. The Morgan fingerprint density at radius 2 is 1.85 bits per heavy atom. The van der Waals surface area contributed by atoms with Crippen LogP contribution in [0.4, 0.5) is 5.69 Å². The van der Waals surface area contributed by atoms with Crippen LogP contribution in [0.15, 0.2) is 48.0 Å². The summed E-state index contributed by atoms with van der Waals surface area (Å²) in [6.07, 6.45) is 1.46. The zero-order valence-electron chi connectivity index (χ0n) is 15.2. The second-order valence-electron chi connectivity index (χ2n) is 5.57. The van der Waals surface area contributed by atoms with Crippen molar-refractivity contribution in [2.75, 3.05) is 18.5 Å². The van der Waals surface area contributed by atoms with E-state index in [4.69, 9.17) is 20.0 Å². The number of carbonyl (C=O) groups is 1. The van der Waals surface area contributed by atoms with E-state index in [-0.39, 0.29) is 18.1 Å². The van der Waals surface area contributed by atoms with Crippen molar-refractivity contribution in [1.29, 1.82) is 10.5 Å². The zero-order valence-corrected chi connectivity index (χ0v) is 15.2. The van der Waals surface area contributed by atoms with Gasteiger partial charge in [0, 0.05) is 5.69 Å². The lowest BCUT2D eigenvalue weighted by atomic mass is 10.1. The summed E-state index contributed by atoms with van der Waals surface area (Å²) in [5.41, 5.74) is 2.32. The second-order valence-corrected chi connectivity index (χ2v) is 5.57. The van der Waals surface area contributed by atoms with E-state index in [0.717, 1.165) is 11.3 Å². The number of carbonyl (C=O) groups excluding carboxylic acids is 1. The molecule has 0 atom stereocenters. The number of nitrogens with zero attached hydrogens (tertiary/aromatic N) is 2. The molecule has 0 spiro atoms. The third-order valence-electron chi connectivity index (χ3n) is 3.60. The van der Waals surface area contributed by atoms with Crippen LogP contribution in [0.5, 0.6) is 11.5 Å². The van der Waals surface area contributed by atoms with Crippen molar-refractivity contribution in [2.45, 2.75) is 13.8 Å². The Kier molecular flexibility index (Phi) is 6.99. The Morgan fingerprint density at radius 3 is 2.52 bits per heavy atom. The molecular weight excluding hydrogens is 342 g/mol. The van der Waals surface area contributed by atoms with Gasteiger partial charge in [-0.25, -0.2) is 0 Å². The fraction of sp³-hybridized carbons (Fsp3) is 0.190. The summed E-state index contributed by atoms with van der Waals surface area (Å²) in [7, 11) is 0. The molecule has 2 rings (SSSR count). The van der Waals surface area contributed by atoms with E-state index in [1.165, 1.54) is 6.08 Å². The van der Waals surface area contributed by atoms with Crippen LogP contribution in [0.2, 0.25) is 0 Å². The van der Waals surface area contributed by atoms with Crippen molar-refractivity contribution in [3.63, 3.8) is 0 Å². The number of hydrogen-bond donors (Lipinski definition) is 1. The van der Waals surface area contributed by atoms with E-state index in [1.54, 1.807) is 18.2 Å². The van der Waals surface area contributed by atoms with Gasteiger partial charge in [-0.05, 0) is 49.2 Å². The molecule has 0 radical (unpaired) electrons. The first kappa shape index (κ1) is 19.6. The smallest absolute Gasteiger partial charge is 0.262 e. The van der Waals surface area contributed by atoms with Gasteiger partial charge in [-0.3, -0.25) is 4.79 Å². The van der Waals surface area contributed by atoms with Crippen LogP contribution in [-0.2, 0) is 4.79 Å². The maximum Gasteiger partial charge on any atom is 0.262 e. The summed E-state index contributed by atoms with van der Waals surface area (Å²) in [5, 5.41) is 20.5. The fourth-order valence-electron chi connectivity index (χ4n) is 2.30. The van der Waals surface area contributed by atoms with Gasteiger partial charge in [0.15, 0.2) is 18.1 Å². The predicted octanol–water partition coefficient (Wildman–Crippen LogP) is 3.84. The van der Waals surface area contributed by atoms with Crippen molar-refractivity contribution in [3.8, 4) is 23.6 Å². The lowest BCUT2D eigenvalue weighted by Gasteiger charge is -2.13. The molecule has 2 aromatic rings. The minimum atomic E-state index is -0.285. The number of amides is 1. The summed E-state index contributed by atoms with van der Waals surface area (Å²) in [5.74, 6) is 0.557. The Morgan fingerprint density at radius 1 is 1.11 bits per heavy atom. The molecule has 0 saturated heterocycles. The molecule has 0 fully saturated rings. The molecule has 0 heterocycles. The minimum absolute atomic E-state index is 0.0104. The molecule has 27 heavy (non-hydrogen) atoms. The minimum Gasteiger partial charge on any atom is -0.490 e. The van der Waals surface area contributed by atoms with Crippen LogP contribution in [0.25, 0.3) is 6.08 Å². The number of para-hydroxylation sites is 1. The number of benzene rings is 2. The SMILES string of the molecule is CCOc1cc(C=C(C#N)C#N)ccc1OCC(=O)Nc1ccccc1C. The van der Waals surface area contributed by atoms with Gasteiger partial charge in [0.05, 0.1) is 6.61 Å². The molecule has 6 nitrogen and oxygen atoms in total. The molecule has 0 unspecified atom stereocenters. The molecule has 2 aromatic carbocycles. The molecule has 136 valence electrons. The summed E-state index contributed by atoms with van der Waals surface area (Å²) < 4.78 is 11.1. The van der Waals surface area contributed by atoms with E-state index in [2.05, 4.69) is 5.32 Å². The van der Waals surface area contributed by atoms with Crippen LogP contribution in [-0.4, -0.2) is 19.1 Å². The third-order valence-corrected chi connectivity index (χ3v) is 3.60. The van der Waals surface area contributed by atoms with E-state index in [1.807, 2.05) is 50.3 Å². The largest absolute Gasteiger partial charge is 0.490 e. The van der Waals surface area contributed by atoms with Gasteiger partial charge >= 0.3 is 0 Å². The van der Waals surface area contributed by atoms with Crippen LogP contribution >= 0.6 is 0 Å². The monoisotopic (exact) mass is 361 g/mol. The van der Waals surface area contributed by atoms with Gasteiger partial charge in [0.25, 0.3) is 5.91 Å². The molecule has 0 aliphatic carbocycles. The van der Waals surface area contributed by atoms with Crippen molar-refractivity contribution in [1.82, 2.24) is 0 Å². The van der Waals surface area contributed by atoms with Crippen LogP contribution in [0.1, 0.15) is 18.1 Å². The van der Waals surface area contributed by atoms with Gasteiger partial charge in [0.2, 0.25) is 0 Å². The number of anilines is 1. The first-order valence-corrected chi connectivity index (χ1v) is 8.34. The third kappa shape index (κ3) is 5.62. The Hall–Kier alpha value is -3.77. The number of ether oxygens (including phenoxy) is 2. The Labute approximate surface area is 158 Å². The van der Waals surface area contributed by atoms with Crippen molar-refractivity contribution in [2.24, 2.45) is 0 Å². The van der Waals surface area contributed by atoms with Crippen molar-refractivity contribution < 1.29 is 14.3 Å². The lowest BCUT2D eigenvalue weighted by Crippen LogP contribution is -2.20. The quantitative estimate of drug-likeness (QED) is 0.756. The topological polar surface area (TPSA) is 95.1 Å². The Balaban J connectivity index is 2.10. The summed E-state index contributed by atoms with van der Waals surface area (Å²) >= 11 is 0. The zero-order chi connectivity index (χ0) is 19.6. The second kappa shape index (κ2) is 9.65. The van der Waals surface area contributed by atoms with E-state index in [0.29, 0.717) is 23.7 Å². The summed E-state index contributed by atoms with van der Waals surface area (Å²) in [6.45, 7) is 3.97. The number of aryl methyl sites for hydroxylation is 1. The molecule has 0 aliphatic heterocycles. The fourth-order valence-corrected chi connectivity index (χ4v) is 2.30. The number of rotatable bonds is 7. The van der Waals surface area contributed by atoms with Gasteiger partial charge in [0.1, 0.15) is 17.7 Å². The predicted molar refractivity (Wildman–Crippen MR) is 102 cm³/mol. The molecule has 0 aromatic heterocycles. The standard InChI is InChI=1S/C21H19N3O3/c1-3-26-20-11-16(10-17(12-22)13-23)8-9-19(20)27-14-21(25)24-18-7-5-4-6-15(18)2/h4-11H,3,14H2,1-2H3,(H,24,25). The first-order valence-electron chi connectivity index (χ1n) is 8.34. The number of allylic oxidation sites excluding steroid dienone is 1. The lowest BCUT2D eigenvalue weighted by molar-refractivity contribution is -0.118. The highest BCUT2D eigenvalue weighted by molar-refractivity contribution is 5.92. The maximum atomic E-state index is 12.1. The van der Waals surface area contributed by atoms with Gasteiger partial charge in [-0.1, -0.05) is 24.3 Å². The van der Waals surface area contributed by atoms with Crippen molar-refractivity contribution in [3.05, 3.63) is 59.2 Å². The molecular formula is C21H19N3O3. The van der Waals surface area contributed by atoms with Gasteiger partial charge in [-0.2, -0.15) is 10.5 Å². The maximum absolute atomic E-state index is 12.1. The highest BCUT2D eigenvalue weighted by Crippen LogP contribution is 2.29. The molecule has 1 amide bonds. The average Bonchev–Trinajstić information content (AvgIpc) is 2.67. The van der Waals surface area contributed by atoms with E-state index in [9.17, 15) is 4.79 Å². The van der Waals surface area contributed by atoms with Crippen LogP contribution in [0.3, 0.4) is 0 Å². The normalized spacial score (nSPS) is 9.48. The highest BCUT2D eigenvalue weighted by Gasteiger charge is 2.10. The average molecular weight is 361 g/mol. The molecule has 0 aliphatic rings. The Bertz CT molecular complexity index is 920. The summed E-state index contributed by atoms with van der Waals surface area (Å²) in [4.78, 5) is 12.1. The number of nitriles is 2. The molecule has 0 bridgehead atoms. The van der Waals surface area contributed by atoms with E-state index >= 15 is 0 Å².